The van der Waals surface area contributed by atoms with E-state index in [-0.39, 0.29) is 6.10 Å². The third-order valence-electron chi connectivity index (χ3n) is 0.697. The van der Waals surface area contributed by atoms with E-state index in [0.29, 0.717) is 13.2 Å². The Morgan fingerprint density at radius 3 is 2.83 bits per heavy atom. The lowest BCUT2D eigenvalue weighted by Crippen LogP contribution is -2.12. The Balaban J connectivity index is 2.18. The summed E-state index contributed by atoms with van der Waals surface area (Å²) in [6.45, 7) is 1.00. The minimum Gasteiger partial charge on any atom is -0.389 e. The molecule has 1 atom stereocenters. The number of aliphatic hydroxyl groups is 1. The van der Waals surface area contributed by atoms with Gasteiger partial charge < -0.3 is 5.11 Å². The fourth-order valence-electron chi connectivity index (χ4n) is 0.369. The van der Waals surface area contributed by atoms with E-state index >= 15 is 0 Å². The molecule has 0 radical (unpaired) electrons. The summed E-state index contributed by atoms with van der Waals surface area (Å²) < 4.78 is 0. The molecule has 2 N–H and O–H groups in total. The molecule has 1 rings (SSSR count). The highest BCUT2D eigenvalue weighted by molar-refractivity contribution is 4.57. The van der Waals surface area contributed by atoms with Gasteiger partial charge in [-0.1, -0.05) is 0 Å². The van der Waals surface area contributed by atoms with Crippen LogP contribution in [0.25, 0.3) is 0 Å². The number of aliphatic hydroxyl groups excluding tert-OH is 1. The summed E-state index contributed by atoms with van der Waals surface area (Å²) in [7, 11) is 0. The lowest BCUT2D eigenvalue weighted by Gasteiger charge is -1.87. The highest BCUT2D eigenvalue weighted by Crippen LogP contribution is 1.87. The van der Waals surface area contributed by atoms with Crippen LogP contribution in [0.5, 0.6) is 0 Å². The SMILES string of the molecule is O[C@@H]1CNOC1. The highest BCUT2D eigenvalue weighted by Gasteiger charge is 2.09. The smallest absolute Gasteiger partial charge is 0.0955 e. The monoisotopic (exact) mass is 89.0 g/mol. The summed E-state index contributed by atoms with van der Waals surface area (Å²) in [6.07, 6.45) is -0.287. The number of hydrogen-bond acceptors (Lipinski definition) is 3. The zero-order chi connectivity index (χ0) is 4.41. The largest absolute Gasteiger partial charge is 0.389 e. The second-order valence-electron chi connectivity index (χ2n) is 1.31. The minimum absolute atomic E-state index is 0.287. The topological polar surface area (TPSA) is 41.5 Å². The fourth-order valence-corrected chi connectivity index (χ4v) is 0.369. The zero-order valence-corrected chi connectivity index (χ0v) is 3.35. The quantitative estimate of drug-likeness (QED) is 0.395. The summed E-state index contributed by atoms with van der Waals surface area (Å²) in [6, 6.07) is 0. The number of hydrogen-bond donors (Lipinski definition) is 2. The van der Waals surface area contributed by atoms with Crippen molar-refractivity contribution in [2.45, 2.75) is 6.10 Å². The van der Waals surface area contributed by atoms with Gasteiger partial charge in [0.25, 0.3) is 0 Å². The molecule has 0 bridgehead atoms. The van der Waals surface area contributed by atoms with E-state index in [0.717, 1.165) is 0 Å². The van der Waals surface area contributed by atoms with E-state index in [1.54, 1.807) is 0 Å². The summed E-state index contributed by atoms with van der Waals surface area (Å²) >= 11 is 0. The van der Waals surface area contributed by atoms with Crippen LogP contribution in [0.1, 0.15) is 0 Å². The van der Waals surface area contributed by atoms with Crippen molar-refractivity contribution in [3.05, 3.63) is 0 Å². The van der Waals surface area contributed by atoms with Crippen molar-refractivity contribution in [3.8, 4) is 0 Å². The molecule has 0 aromatic heterocycles. The molecule has 1 aliphatic heterocycles. The first kappa shape index (κ1) is 4.05. The van der Waals surface area contributed by atoms with Crippen molar-refractivity contribution in [3.63, 3.8) is 0 Å². The molecular weight excluding hydrogens is 82.0 g/mol. The summed E-state index contributed by atoms with van der Waals surface area (Å²) in [4.78, 5) is 4.56. The number of hydroxylamine groups is 1. The van der Waals surface area contributed by atoms with E-state index < -0.39 is 0 Å². The molecule has 0 spiro atoms. The molecule has 36 valence electrons. The van der Waals surface area contributed by atoms with Gasteiger partial charge in [0.2, 0.25) is 0 Å². The van der Waals surface area contributed by atoms with E-state index in [9.17, 15) is 0 Å². The van der Waals surface area contributed by atoms with Gasteiger partial charge in [0.1, 0.15) is 0 Å². The molecule has 1 fully saturated rings. The zero-order valence-electron chi connectivity index (χ0n) is 3.35. The third kappa shape index (κ3) is 0.680. The van der Waals surface area contributed by atoms with Crippen molar-refractivity contribution < 1.29 is 9.94 Å². The fraction of sp³-hybridized carbons (Fsp3) is 1.00. The van der Waals surface area contributed by atoms with Crippen LogP contribution < -0.4 is 5.48 Å². The van der Waals surface area contributed by atoms with Crippen molar-refractivity contribution in [1.82, 2.24) is 5.48 Å². The van der Waals surface area contributed by atoms with Gasteiger partial charge in [0, 0.05) is 6.54 Å². The van der Waals surface area contributed by atoms with Crippen LogP contribution in [0, 0.1) is 0 Å². The Morgan fingerprint density at radius 2 is 2.67 bits per heavy atom. The van der Waals surface area contributed by atoms with Gasteiger partial charge in [-0.2, -0.15) is 5.48 Å². The van der Waals surface area contributed by atoms with Crippen LogP contribution >= 0.6 is 0 Å². The normalized spacial score (nSPS) is 34.5. The minimum atomic E-state index is -0.287. The Bertz CT molecular complexity index is 42.1. The van der Waals surface area contributed by atoms with E-state index in [2.05, 4.69) is 10.3 Å². The molecule has 0 aromatic carbocycles. The average molecular weight is 89.1 g/mol. The molecule has 0 saturated carbocycles. The molecule has 0 unspecified atom stereocenters. The second kappa shape index (κ2) is 1.55. The molecule has 3 nitrogen and oxygen atoms in total. The van der Waals surface area contributed by atoms with Crippen molar-refractivity contribution in [2.24, 2.45) is 0 Å². The highest BCUT2D eigenvalue weighted by atomic mass is 16.7. The molecule has 0 amide bonds. The predicted octanol–water partition coefficient (Wildman–Crippen LogP) is -1.12. The first-order valence-corrected chi connectivity index (χ1v) is 1.92. The first-order chi connectivity index (χ1) is 2.89. The van der Waals surface area contributed by atoms with Crippen molar-refractivity contribution >= 4 is 0 Å². The maximum absolute atomic E-state index is 8.54. The average Bonchev–Trinajstić information content (AvgIpc) is 1.86. The van der Waals surface area contributed by atoms with E-state index in [1.807, 2.05) is 0 Å². The maximum Gasteiger partial charge on any atom is 0.0955 e. The molecule has 1 saturated heterocycles. The van der Waals surface area contributed by atoms with Crippen LogP contribution in [-0.2, 0) is 4.84 Å². The van der Waals surface area contributed by atoms with Gasteiger partial charge in [0.15, 0.2) is 0 Å². The lowest BCUT2D eigenvalue weighted by molar-refractivity contribution is 0.0792. The van der Waals surface area contributed by atoms with Gasteiger partial charge in [-0.15, -0.1) is 0 Å². The molecule has 0 aromatic rings. The summed E-state index contributed by atoms with van der Waals surface area (Å²) in [5.41, 5.74) is 2.52. The Morgan fingerprint density at radius 1 is 1.83 bits per heavy atom. The molecule has 3 heteroatoms. The molecule has 1 heterocycles. The van der Waals surface area contributed by atoms with Crippen LogP contribution in [0.2, 0.25) is 0 Å². The summed E-state index contributed by atoms with van der Waals surface area (Å²) in [5, 5.41) is 8.54. The standard InChI is InChI=1S/C3H7NO2/c5-3-1-4-6-2-3/h3-5H,1-2H2/t3-/m1/s1. The molecule has 6 heavy (non-hydrogen) atoms. The summed E-state index contributed by atoms with van der Waals surface area (Å²) in [5.74, 6) is 0. The molecule has 0 aliphatic carbocycles. The molecular formula is C3H7NO2. The van der Waals surface area contributed by atoms with E-state index in [4.69, 9.17) is 5.11 Å². The van der Waals surface area contributed by atoms with Crippen molar-refractivity contribution in [1.29, 1.82) is 0 Å². The second-order valence-corrected chi connectivity index (χ2v) is 1.31. The van der Waals surface area contributed by atoms with Crippen molar-refractivity contribution in [2.75, 3.05) is 13.2 Å². The maximum atomic E-state index is 8.54. The predicted molar refractivity (Wildman–Crippen MR) is 20.0 cm³/mol. The van der Waals surface area contributed by atoms with Gasteiger partial charge in [-0.3, -0.25) is 4.84 Å². The number of nitrogens with one attached hydrogen (secondary N) is 1. The Hall–Kier alpha value is -0.120. The Labute approximate surface area is 35.9 Å². The number of β-amino-alcohol motifs (C(OH)–C–C–N with tert-alkyl or cyclic N) is 1. The van der Waals surface area contributed by atoms with Crippen LogP contribution in [0.4, 0.5) is 0 Å². The van der Waals surface area contributed by atoms with Gasteiger partial charge in [-0.05, 0) is 0 Å². The van der Waals surface area contributed by atoms with Gasteiger partial charge in [0.05, 0.1) is 12.7 Å². The van der Waals surface area contributed by atoms with Crippen LogP contribution in [0.15, 0.2) is 0 Å². The third-order valence-corrected chi connectivity index (χ3v) is 0.697. The number of rotatable bonds is 0. The lowest BCUT2D eigenvalue weighted by atomic mass is 10.4. The molecule has 1 aliphatic rings. The van der Waals surface area contributed by atoms with Crippen LogP contribution in [-0.4, -0.2) is 24.4 Å². The van der Waals surface area contributed by atoms with Gasteiger partial charge in [-0.25, -0.2) is 0 Å². The van der Waals surface area contributed by atoms with E-state index in [1.165, 1.54) is 0 Å². The van der Waals surface area contributed by atoms with Crippen LogP contribution in [0.3, 0.4) is 0 Å². The Kier molecular flexibility index (Phi) is 1.05. The first-order valence-electron chi connectivity index (χ1n) is 1.92. The van der Waals surface area contributed by atoms with Gasteiger partial charge >= 0.3 is 0 Å².